The van der Waals surface area contributed by atoms with Crippen LogP contribution in [-0.4, -0.2) is 72.1 Å². The molecular formula is C13H23N3O3. The van der Waals surface area contributed by atoms with E-state index in [0.29, 0.717) is 19.5 Å². The second-order valence-corrected chi connectivity index (χ2v) is 5.32. The van der Waals surface area contributed by atoms with Crippen molar-refractivity contribution in [1.82, 2.24) is 15.1 Å². The van der Waals surface area contributed by atoms with Crippen LogP contribution in [0.15, 0.2) is 0 Å². The fourth-order valence-corrected chi connectivity index (χ4v) is 2.83. The Labute approximate surface area is 113 Å². The van der Waals surface area contributed by atoms with Gasteiger partial charge in [0.15, 0.2) is 0 Å². The number of carboxylic acids is 1. The van der Waals surface area contributed by atoms with Crippen LogP contribution < -0.4 is 5.32 Å². The third kappa shape index (κ3) is 3.91. The summed E-state index contributed by atoms with van der Waals surface area (Å²) in [5, 5.41) is 12.5. The van der Waals surface area contributed by atoms with Gasteiger partial charge in [-0.25, -0.2) is 4.79 Å². The van der Waals surface area contributed by atoms with E-state index >= 15 is 0 Å². The number of nitrogens with zero attached hydrogens (tertiary/aromatic N) is 2. The van der Waals surface area contributed by atoms with Gasteiger partial charge in [0.1, 0.15) is 6.04 Å². The quantitative estimate of drug-likeness (QED) is 0.739. The van der Waals surface area contributed by atoms with Gasteiger partial charge in [-0.1, -0.05) is 0 Å². The van der Waals surface area contributed by atoms with E-state index in [4.69, 9.17) is 0 Å². The summed E-state index contributed by atoms with van der Waals surface area (Å²) in [5.41, 5.74) is 0. The Kier molecular flexibility index (Phi) is 5.15. The maximum atomic E-state index is 12.3. The van der Waals surface area contributed by atoms with E-state index in [9.17, 15) is 14.7 Å². The summed E-state index contributed by atoms with van der Waals surface area (Å²) in [5.74, 6) is -0.903. The van der Waals surface area contributed by atoms with Crippen LogP contribution in [0.2, 0.25) is 0 Å². The van der Waals surface area contributed by atoms with Crippen molar-refractivity contribution >= 4 is 11.9 Å². The molecule has 6 heteroatoms. The third-order valence-corrected chi connectivity index (χ3v) is 3.90. The zero-order chi connectivity index (χ0) is 13.7. The molecule has 2 aliphatic heterocycles. The second-order valence-electron chi connectivity index (χ2n) is 5.32. The first-order chi connectivity index (χ1) is 9.18. The molecule has 0 unspecified atom stereocenters. The van der Waals surface area contributed by atoms with E-state index in [-0.39, 0.29) is 5.91 Å². The fraction of sp³-hybridized carbons (Fsp3) is 0.846. The SMILES string of the molecule is O=C(O)[C@H]1CCCCN1C(=O)CN1CCCNCC1. The predicted octanol–water partition coefficient (Wildman–Crippen LogP) is -0.253. The highest BCUT2D eigenvalue weighted by Crippen LogP contribution is 2.17. The van der Waals surface area contributed by atoms with Gasteiger partial charge in [0, 0.05) is 19.6 Å². The highest BCUT2D eigenvalue weighted by molar-refractivity contribution is 5.85. The molecule has 1 amide bonds. The lowest BCUT2D eigenvalue weighted by Gasteiger charge is -2.34. The average molecular weight is 269 g/mol. The predicted molar refractivity (Wildman–Crippen MR) is 70.9 cm³/mol. The molecule has 0 bridgehead atoms. The van der Waals surface area contributed by atoms with Gasteiger partial charge in [-0.2, -0.15) is 0 Å². The molecule has 0 aliphatic carbocycles. The van der Waals surface area contributed by atoms with E-state index in [1.165, 1.54) is 0 Å². The van der Waals surface area contributed by atoms with Gasteiger partial charge >= 0.3 is 5.97 Å². The summed E-state index contributed by atoms with van der Waals surface area (Å²) in [4.78, 5) is 27.2. The maximum absolute atomic E-state index is 12.3. The molecule has 2 saturated heterocycles. The molecule has 108 valence electrons. The van der Waals surface area contributed by atoms with Crippen molar-refractivity contribution in [3.8, 4) is 0 Å². The van der Waals surface area contributed by atoms with E-state index in [1.54, 1.807) is 4.90 Å². The standard InChI is InChI=1S/C13H23N3O3/c17-12(10-15-7-3-5-14-6-9-15)16-8-2-1-4-11(16)13(18)19/h11,14H,1-10H2,(H,18,19)/t11-/m1/s1. The Balaban J connectivity index is 1.91. The minimum absolute atomic E-state index is 0.0333. The van der Waals surface area contributed by atoms with E-state index in [1.807, 2.05) is 0 Å². The highest BCUT2D eigenvalue weighted by Gasteiger charge is 2.32. The number of likely N-dealkylation sites (tertiary alicyclic amines) is 1. The number of aliphatic carboxylic acids is 1. The first kappa shape index (κ1) is 14.3. The summed E-state index contributed by atoms with van der Waals surface area (Å²) in [6, 6.07) is -0.619. The molecule has 6 nitrogen and oxygen atoms in total. The van der Waals surface area contributed by atoms with E-state index in [0.717, 1.165) is 45.4 Å². The zero-order valence-electron chi connectivity index (χ0n) is 11.3. The van der Waals surface area contributed by atoms with Crippen LogP contribution in [0.3, 0.4) is 0 Å². The van der Waals surface area contributed by atoms with Crippen molar-refractivity contribution in [3.63, 3.8) is 0 Å². The minimum atomic E-state index is -0.870. The lowest BCUT2D eigenvalue weighted by Crippen LogP contribution is -2.51. The van der Waals surface area contributed by atoms with Gasteiger partial charge in [0.05, 0.1) is 6.54 Å². The van der Waals surface area contributed by atoms with Gasteiger partial charge in [-0.15, -0.1) is 0 Å². The van der Waals surface area contributed by atoms with Crippen molar-refractivity contribution in [1.29, 1.82) is 0 Å². The third-order valence-electron chi connectivity index (χ3n) is 3.90. The molecule has 2 rings (SSSR count). The average Bonchev–Trinajstić information content (AvgIpc) is 2.67. The van der Waals surface area contributed by atoms with Crippen LogP contribution in [0.25, 0.3) is 0 Å². The van der Waals surface area contributed by atoms with Crippen molar-refractivity contribution < 1.29 is 14.7 Å². The molecule has 2 aliphatic rings. The summed E-state index contributed by atoms with van der Waals surface area (Å²) < 4.78 is 0. The van der Waals surface area contributed by atoms with E-state index in [2.05, 4.69) is 10.2 Å². The first-order valence-corrected chi connectivity index (χ1v) is 7.14. The van der Waals surface area contributed by atoms with Crippen molar-refractivity contribution in [3.05, 3.63) is 0 Å². The summed E-state index contributed by atoms with van der Waals surface area (Å²) in [7, 11) is 0. The fourth-order valence-electron chi connectivity index (χ4n) is 2.83. The Bertz CT molecular complexity index is 327. The van der Waals surface area contributed by atoms with Gasteiger partial charge in [-0.3, -0.25) is 9.69 Å². The molecule has 0 aromatic carbocycles. The van der Waals surface area contributed by atoms with Crippen LogP contribution in [0, 0.1) is 0 Å². The van der Waals surface area contributed by atoms with Gasteiger partial charge < -0.3 is 15.3 Å². The molecule has 0 aromatic rings. The molecule has 2 fully saturated rings. The van der Waals surface area contributed by atoms with Crippen molar-refractivity contribution in [2.45, 2.75) is 31.7 Å². The summed E-state index contributed by atoms with van der Waals surface area (Å²) >= 11 is 0. The summed E-state index contributed by atoms with van der Waals surface area (Å²) in [6.07, 6.45) is 3.43. The van der Waals surface area contributed by atoms with Crippen LogP contribution >= 0.6 is 0 Å². The highest BCUT2D eigenvalue weighted by atomic mass is 16.4. The zero-order valence-corrected chi connectivity index (χ0v) is 11.3. The normalized spacial score (nSPS) is 25.9. The number of carbonyl (C=O) groups is 2. The molecule has 1 atom stereocenters. The number of carboxylic acid groups (broad SMARTS) is 1. The van der Waals surface area contributed by atoms with Crippen LogP contribution in [0.4, 0.5) is 0 Å². The van der Waals surface area contributed by atoms with Crippen molar-refractivity contribution in [2.24, 2.45) is 0 Å². The van der Waals surface area contributed by atoms with Crippen LogP contribution in [0.1, 0.15) is 25.7 Å². The Hall–Kier alpha value is -1.14. The lowest BCUT2D eigenvalue weighted by atomic mass is 10.0. The number of piperidine rings is 1. The number of nitrogens with one attached hydrogen (secondary N) is 1. The van der Waals surface area contributed by atoms with Gasteiger partial charge in [0.25, 0.3) is 0 Å². The molecular weight excluding hydrogens is 246 g/mol. The minimum Gasteiger partial charge on any atom is -0.480 e. The van der Waals surface area contributed by atoms with Crippen LogP contribution in [0.5, 0.6) is 0 Å². The Morgan fingerprint density at radius 1 is 1.11 bits per heavy atom. The first-order valence-electron chi connectivity index (χ1n) is 7.14. The van der Waals surface area contributed by atoms with Gasteiger partial charge in [-0.05, 0) is 38.8 Å². The van der Waals surface area contributed by atoms with Crippen molar-refractivity contribution in [2.75, 3.05) is 39.3 Å². The molecule has 0 aromatic heterocycles. The molecule has 2 heterocycles. The Morgan fingerprint density at radius 2 is 1.95 bits per heavy atom. The molecule has 19 heavy (non-hydrogen) atoms. The maximum Gasteiger partial charge on any atom is 0.326 e. The number of amides is 1. The lowest BCUT2D eigenvalue weighted by molar-refractivity contribution is -0.152. The molecule has 0 spiro atoms. The molecule has 0 radical (unpaired) electrons. The summed E-state index contributed by atoms with van der Waals surface area (Å²) in [6.45, 7) is 4.59. The smallest absolute Gasteiger partial charge is 0.326 e. The van der Waals surface area contributed by atoms with Crippen LogP contribution in [-0.2, 0) is 9.59 Å². The number of hydrogen-bond donors (Lipinski definition) is 2. The Morgan fingerprint density at radius 3 is 2.74 bits per heavy atom. The molecule has 0 saturated carbocycles. The largest absolute Gasteiger partial charge is 0.480 e. The number of carbonyl (C=O) groups excluding carboxylic acids is 1. The monoisotopic (exact) mass is 269 g/mol. The topological polar surface area (TPSA) is 72.9 Å². The molecule has 2 N–H and O–H groups in total. The van der Waals surface area contributed by atoms with E-state index < -0.39 is 12.0 Å². The number of rotatable bonds is 3. The van der Waals surface area contributed by atoms with Gasteiger partial charge in [0.2, 0.25) is 5.91 Å². The number of hydrogen-bond acceptors (Lipinski definition) is 4. The second kappa shape index (κ2) is 6.86.